The van der Waals surface area contributed by atoms with E-state index < -0.39 is 18.0 Å². The third kappa shape index (κ3) is 9.09. The van der Waals surface area contributed by atoms with Crippen LogP contribution >= 0.6 is 0 Å². The fourth-order valence-corrected chi connectivity index (χ4v) is 1.37. The van der Waals surface area contributed by atoms with Crippen LogP contribution in [0.2, 0.25) is 0 Å². The zero-order valence-electron chi connectivity index (χ0n) is 12.0. The zero-order valence-corrected chi connectivity index (χ0v) is 12.0. The molecule has 7 nitrogen and oxygen atoms in total. The van der Waals surface area contributed by atoms with Gasteiger partial charge >= 0.3 is 5.97 Å². The van der Waals surface area contributed by atoms with Crippen LogP contribution in [0.3, 0.4) is 0 Å². The SMILES string of the molecule is CCCCn1cc[n+](C)c1.N[C@@H](CCC(=O)O)C(=O)[O-]. The summed E-state index contributed by atoms with van der Waals surface area (Å²) < 4.78 is 4.28. The van der Waals surface area contributed by atoms with E-state index in [1.807, 2.05) is 7.05 Å². The Morgan fingerprint density at radius 2 is 2.15 bits per heavy atom. The molecule has 0 radical (unpaired) electrons. The lowest BCUT2D eigenvalue weighted by Gasteiger charge is -2.09. The number of nitrogens with zero attached hydrogens (tertiary/aromatic N) is 2. The summed E-state index contributed by atoms with van der Waals surface area (Å²) in [6.07, 6.45) is 8.49. The number of nitrogens with two attached hydrogens (primary N) is 1. The summed E-state index contributed by atoms with van der Waals surface area (Å²) in [5, 5.41) is 18.0. The van der Waals surface area contributed by atoms with E-state index in [9.17, 15) is 14.7 Å². The number of aryl methyl sites for hydroxylation is 2. The number of imidazole rings is 1. The molecule has 0 saturated carbocycles. The second-order valence-electron chi connectivity index (χ2n) is 4.53. The summed E-state index contributed by atoms with van der Waals surface area (Å²) in [6.45, 7) is 3.36. The van der Waals surface area contributed by atoms with E-state index in [4.69, 9.17) is 10.8 Å². The molecule has 0 unspecified atom stereocenters. The van der Waals surface area contributed by atoms with Crippen LogP contribution < -0.4 is 15.4 Å². The quantitative estimate of drug-likeness (QED) is 0.627. The summed E-state index contributed by atoms with van der Waals surface area (Å²) in [5.74, 6) is -2.47. The highest BCUT2D eigenvalue weighted by Crippen LogP contribution is 1.92. The number of hydrogen-bond acceptors (Lipinski definition) is 4. The Morgan fingerprint density at radius 1 is 1.50 bits per heavy atom. The first-order valence-corrected chi connectivity index (χ1v) is 6.56. The third-order valence-corrected chi connectivity index (χ3v) is 2.57. The van der Waals surface area contributed by atoms with Crippen molar-refractivity contribution in [1.29, 1.82) is 0 Å². The van der Waals surface area contributed by atoms with Crippen LogP contribution in [-0.2, 0) is 23.2 Å². The Morgan fingerprint density at radius 3 is 2.55 bits per heavy atom. The van der Waals surface area contributed by atoms with Crippen molar-refractivity contribution in [1.82, 2.24) is 4.57 Å². The average Bonchev–Trinajstić information content (AvgIpc) is 2.79. The molecule has 20 heavy (non-hydrogen) atoms. The number of unbranched alkanes of at least 4 members (excludes halogenated alkanes) is 1. The van der Waals surface area contributed by atoms with E-state index in [1.165, 1.54) is 12.8 Å². The minimum absolute atomic E-state index is 0.0856. The van der Waals surface area contributed by atoms with Gasteiger partial charge in [0.25, 0.3) is 0 Å². The van der Waals surface area contributed by atoms with Crippen LogP contribution in [0.15, 0.2) is 18.7 Å². The van der Waals surface area contributed by atoms with Gasteiger partial charge in [-0.2, -0.15) is 0 Å². The second-order valence-corrected chi connectivity index (χ2v) is 4.53. The molecule has 0 bridgehead atoms. The fraction of sp³-hybridized carbons (Fsp3) is 0.615. The maximum Gasteiger partial charge on any atom is 0.303 e. The summed E-state index contributed by atoms with van der Waals surface area (Å²) in [7, 11) is 2.04. The number of aliphatic carboxylic acids is 2. The maximum absolute atomic E-state index is 9.88. The van der Waals surface area contributed by atoms with Crippen LogP contribution in [0, 0.1) is 0 Å². The first-order valence-electron chi connectivity index (χ1n) is 6.56. The predicted octanol–water partition coefficient (Wildman–Crippen LogP) is -0.959. The zero-order chi connectivity index (χ0) is 15.5. The molecule has 0 saturated heterocycles. The largest absolute Gasteiger partial charge is 0.548 e. The Bertz CT molecular complexity index is 418. The second kappa shape index (κ2) is 9.96. The monoisotopic (exact) mass is 285 g/mol. The molecule has 0 aliphatic heterocycles. The van der Waals surface area contributed by atoms with Gasteiger partial charge in [-0.1, -0.05) is 13.3 Å². The minimum Gasteiger partial charge on any atom is -0.548 e. The number of rotatable bonds is 7. The molecule has 0 amide bonds. The Hall–Kier alpha value is -1.89. The molecule has 0 aromatic carbocycles. The highest BCUT2D eigenvalue weighted by Gasteiger charge is 2.05. The number of carbonyl (C=O) groups excluding carboxylic acids is 1. The standard InChI is InChI=1S/C8H15N2.C5H9NO4/c1-3-4-5-10-7-6-9(2)8-10;6-3(5(9)10)1-2-4(7)8/h6-8H,3-5H2,1-2H3;3H,1-2,6H2,(H,7,8)(H,9,10)/q+1;/p-1/t;3-/m.0/s1. The minimum atomic E-state index is -1.42. The average molecular weight is 285 g/mol. The molecule has 0 aliphatic rings. The number of aromatic nitrogens is 2. The molecular formula is C13H23N3O4. The number of carboxylic acid groups (broad SMARTS) is 2. The Kier molecular flexibility index (Phi) is 9.02. The Balaban J connectivity index is 0.000000361. The van der Waals surface area contributed by atoms with Gasteiger partial charge in [-0.3, -0.25) is 4.79 Å². The van der Waals surface area contributed by atoms with Gasteiger partial charge < -0.3 is 20.7 Å². The van der Waals surface area contributed by atoms with Gasteiger partial charge in [0.2, 0.25) is 6.33 Å². The van der Waals surface area contributed by atoms with Crippen LogP contribution in [0.1, 0.15) is 32.6 Å². The summed E-state index contributed by atoms with van der Waals surface area (Å²) in [4.78, 5) is 19.7. The lowest BCUT2D eigenvalue weighted by molar-refractivity contribution is -0.671. The molecule has 114 valence electrons. The molecule has 1 atom stereocenters. The molecule has 3 N–H and O–H groups in total. The van der Waals surface area contributed by atoms with Crippen LogP contribution in [-0.4, -0.2) is 27.7 Å². The topological polar surface area (TPSA) is 112 Å². The van der Waals surface area contributed by atoms with Crippen molar-refractivity contribution in [2.45, 2.75) is 45.2 Å². The molecule has 1 aromatic rings. The van der Waals surface area contributed by atoms with Crippen LogP contribution in [0.5, 0.6) is 0 Å². The molecule has 1 aromatic heterocycles. The highest BCUT2D eigenvalue weighted by atomic mass is 16.4. The van der Waals surface area contributed by atoms with Crippen molar-refractivity contribution in [3.8, 4) is 0 Å². The van der Waals surface area contributed by atoms with E-state index in [2.05, 4.69) is 34.8 Å². The van der Waals surface area contributed by atoms with Gasteiger partial charge in [0.1, 0.15) is 12.4 Å². The van der Waals surface area contributed by atoms with E-state index in [0.717, 1.165) is 6.54 Å². The molecule has 0 aliphatic carbocycles. The van der Waals surface area contributed by atoms with Crippen LogP contribution in [0.25, 0.3) is 0 Å². The van der Waals surface area contributed by atoms with Crippen molar-refractivity contribution in [2.75, 3.05) is 0 Å². The van der Waals surface area contributed by atoms with Gasteiger partial charge in [0.05, 0.1) is 19.6 Å². The number of carbonyl (C=O) groups is 2. The maximum atomic E-state index is 9.88. The molecule has 0 fully saturated rings. The van der Waals surface area contributed by atoms with Gasteiger partial charge in [-0.15, -0.1) is 0 Å². The first kappa shape index (κ1) is 18.1. The van der Waals surface area contributed by atoms with E-state index in [1.54, 1.807) is 0 Å². The summed E-state index contributed by atoms with van der Waals surface area (Å²) in [6, 6.07) is -1.17. The highest BCUT2D eigenvalue weighted by molar-refractivity contribution is 5.72. The normalized spacial score (nSPS) is 11.3. The lowest BCUT2D eigenvalue weighted by atomic mass is 10.2. The predicted molar refractivity (Wildman–Crippen MR) is 70.4 cm³/mol. The lowest BCUT2D eigenvalue weighted by Crippen LogP contribution is -2.41. The summed E-state index contributed by atoms with van der Waals surface area (Å²) in [5.41, 5.74) is 4.94. The first-order chi connectivity index (χ1) is 9.36. The molecule has 0 spiro atoms. The number of carboxylic acids is 2. The van der Waals surface area contributed by atoms with Crippen molar-refractivity contribution >= 4 is 11.9 Å². The third-order valence-electron chi connectivity index (χ3n) is 2.57. The molecule has 7 heteroatoms. The molecule has 1 heterocycles. The van der Waals surface area contributed by atoms with Crippen molar-refractivity contribution < 1.29 is 24.4 Å². The van der Waals surface area contributed by atoms with Gasteiger partial charge in [0, 0.05) is 12.5 Å². The van der Waals surface area contributed by atoms with Crippen molar-refractivity contribution in [3.63, 3.8) is 0 Å². The van der Waals surface area contributed by atoms with Gasteiger partial charge in [0.15, 0.2) is 0 Å². The van der Waals surface area contributed by atoms with Crippen molar-refractivity contribution in [3.05, 3.63) is 18.7 Å². The van der Waals surface area contributed by atoms with E-state index >= 15 is 0 Å². The van der Waals surface area contributed by atoms with E-state index in [0.29, 0.717) is 0 Å². The molecule has 1 rings (SSSR count). The smallest absolute Gasteiger partial charge is 0.303 e. The van der Waals surface area contributed by atoms with Crippen molar-refractivity contribution in [2.24, 2.45) is 12.8 Å². The van der Waals surface area contributed by atoms with E-state index in [-0.39, 0.29) is 12.8 Å². The van der Waals surface area contributed by atoms with Gasteiger partial charge in [-0.05, 0) is 12.8 Å². The Labute approximate surface area is 118 Å². The summed E-state index contributed by atoms with van der Waals surface area (Å²) >= 11 is 0. The van der Waals surface area contributed by atoms with Gasteiger partial charge in [-0.25, -0.2) is 9.13 Å². The number of hydrogen-bond donors (Lipinski definition) is 2. The fourth-order valence-electron chi connectivity index (χ4n) is 1.37. The van der Waals surface area contributed by atoms with Crippen LogP contribution in [0.4, 0.5) is 0 Å². The molecular weight excluding hydrogens is 262 g/mol.